The number of aromatic nitrogens is 1. The van der Waals surface area contributed by atoms with E-state index < -0.39 is 10.1 Å². The Bertz CT molecular complexity index is 2370. The van der Waals surface area contributed by atoms with E-state index in [4.69, 9.17) is 4.74 Å². The van der Waals surface area contributed by atoms with Gasteiger partial charge in [-0.05, 0) is 116 Å². The van der Waals surface area contributed by atoms with Crippen molar-refractivity contribution in [2.45, 2.75) is 75.6 Å². The molecular weight excluding hydrogens is 749 g/mol. The van der Waals surface area contributed by atoms with Crippen molar-refractivity contribution >= 4 is 67.0 Å². The largest absolute Gasteiger partial charge is 0.744 e. The van der Waals surface area contributed by atoms with Crippen LogP contribution in [-0.4, -0.2) is 32.9 Å². The lowest BCUT2D eigenvalue weighted by Gasteiger charge is -2.33. The molecule has 2 aliphatic rings. The Labute approximate surface area is 333 Å². The zero-order chi connectivity index (χ0) is 38.8. The number of aryl methyl sites for hydroxylation is 2. The molecule has 5 aromatic rings. The zero-order valence-corrected chi connectivity index (χ0v) is 35.5. The first-order chi connectivity index (χ1) is 25.7. The smallest absolute Gasteiger partial charge is 0.263 e. The quantitative estimate of drug-likeness (QED) is 0.0879. The Hall–Kier alpha value is -3.80. The summed E-state index contributed by atoms with van der Waals surface area (Å²) in [6.07, 6.45) is 9.22. The number of thioether (sulfide) groups is 2. The summed E-state index contributed by atoms with van der Waals surface area (Å²) in [5, 5.41) is 2.64. The van der Waals surface area contributed by atoms with Crippen LogP contribution >= 0.6 is 34.9 Å². The number of hydrogen-bond acceptors (Lipinski definition) is 8. The van der Waals surface area contributed by atoms with Gasteiger partial charge < -0.3 is 14.2 Å². The fourth-order valence-electron chi connectivity index (χ4n) is 7.09. The number of benzene rings is 4. The molecule has 282 valence electrons. The van der Waals surface area contributed by atoms with Gasteiger partial charge >= 0.3 is 0 Å². The van der Waals surface area contributed by atoms with Crippen molar-refractivity contribution in [2.75, 3.05) is 24.8 Å². The van der Waals surface area contributed by atoms with Crippen molar-refractivity contribution in [3.8, 4) is 16.9 Å². The highest BCUT2D eigenvalue weighted by Crippen LogP contribution is 2.50. The monoisotopic (exact) mass is 796 g/mol. The number of rotatable bonds is 8. The first kappa shape index (κ1) is 39.9. The number of hydrogen-bond donors (Lipinski definition) is 0. The maximum Gasteiger partial charge on any atom is 0.263 e. The Morgan fingerprint density at radius 3 is 2.30 bits per heavy atom. The van der Waals surface area contributed by atoms with Crippen LogP contribution in [0.1, 0.15) is 58.0 Å². The third-order valence-corrected chi connectivity index (χ3v) is 13.7. The van der Waals surface area contributed by atoms with E-state index >= 15 is 0 Å². The molecule has 0 saturated heterocycles. The molecule has 6 nitrogen and oxygen atoms in total. The van der Waals surface area contributed by atoms with Crippen LogP contribution in [0, 0.1) is 12.3 Å². The van der Waals surface area contributed by atoms with Crippen LogP contribution in [0.3, 0.4) is 0 Å². The van der Waals surface area contributed by atoms with Crippen LogP contribution < -0.4 is 14.2 Å². The highest BCUT2D eigenvalue weighted by molar-refractivity contribution is 8.03. The maximum atomic E-state index is 10.4. The van der Waals surface area contributed by atoms with E-state index in [1.54, 1.807) is 31.0 Å². The predicted octanol–water partition coefficient (Wildman–Crippen LogP) is 11.5. The van der Waals surface area contributed by atoms with E-state index in [-0.39, 0.29) is 10.3 Å². The van der Waals surface area contributed by atoms with Gasteiger partial charge in [-0.15, -0.1) is 11.8 Å². The Balaban J connectivity index is 0.000000389. The van der Waals surface area contributed by atoms with E-state index in [0.717, 1.165) is 37.2 Å². The van der Waals surface area contributed by atoms with Gasteiger partial charge in [0.2, 0.25) is 5.52 Å². The number of thiazole rings is 1. The van der Waals surface area contributed by atoms with Gasteiger partial charge in [-0.25, -0.2) is 8.42 Å². The minimum atomic E-state index is -4.27. The lowest BCUT2D eigenvalue weighted by Crippen LogP contribution is -2.33. The molecule has 0 saturated carbocycles. The third-order valence-electron chi connectivity index (χ3n) is 9.91. The average molecular weight is 797 g/mol. The highest BCUT2D eigenvalue weighted by Gasteiger charge is 2.32. The molecule has 0 unspecified atom stereocenters. The van der Waals surface area contributed by atoms with E-state index in [1.807, 2.05) is 30.0 Å². The first-order valence-electron chi connectivity index (χ1n) is 18.1. The van der Waals surface area contributed by atoms with Gasteiger partial charge in [0, 0.05) is 17.5 Å². The lowest BCUT2D eigenvalue weighted by atomic mass is 9.72. The van der Waals surface area contributed by atoms with Crippen LogP contribution in [0.5, 0.6) is 5.75 Å². The normalized spacial score (nSPS) is 16.9. The van der Waals surface area contributed by atoms with Crippen molar-refractivity contribution in [2.24, 2.45) is 5.41 Å². The summed E-state index contributed by atoms with van der Waals surface area (Å²) in [7, 11) is -2.50. The molecule has 0 bridgehead atoms. The lowest BCUT2D eigenvalue weighted by molar-refractivity contribution is -0.665. The second-order valence-electron chi connectivity index (χ2n) is 14.3. The second-order valence-corrected chi connectivity index (χ2v) is 18.7. The van der Waals surface area contributed by atoms with Crippen molar-refractivity contribution in [3.63, 3.8) is 0 Å². The molecule has 1 aliphatic heterocycles. The van der Waals surface area contributed by atoms with Crippen molar-refractivity contribution in [1.82, 2.24) is 0 Å². The Morgan fingerprint density at radius 2 is 1.67 bits per heavy atom. The number of anilines is 1. The number of allylic oxidation sites excluding steroid dienone is 4. The molecule has 10 heteroatoms. The van der Waals surface area contributed by atoms with Crippen molar-refractivity contribution in [3.05, 3.63) is 123 Å². The maximum absolute atomic E-state index is 10.4. The summed E-state index contributed by atoms with van der Waals surface area (Å²) in [4.78, 5) is 4.84. The Morgan fingerprint density at radius 1 is 0.944 bits per heavy atom. The minimum absolute atomic E-state index is 0.178. The van der Waals surface area contributed by atoms with Gasteiger partial charge in [0.25, 0.3) is 5.01 Å². The molecule has 7 rings (SSSR count). The summed E-state index contributed by atoms with van der Waals surface area (Å²) in [6.45, 7) is 15.4. The summed E-state index contributed by atoms with van der Waals surface area (Å²) >= 11 is 5.54. The van der Waals surface area contributed by atoms with Gasteiger partial charge in [0.15, 0.2) is 0 Å². The molecule has 0 fully saturated rings. The Kier molecular flexibility index (Phi) is 12.2. The van der Waals surface area contributed by atoms with Gasteiger partial charge in [-0.2, -0.15) is 4.57 Å². The molecule has 2 heterocycles. The number of nitrogens with zero attached hydrogens (tertiary/aromatic N) is 2. The van der Waals surface area contributed by atoms with E-state index in [2.05, 4.69) is 123 Å². The molecule has 54 heavy (non-hydrogen) atoms. The number of methoxy groups -OCH3 is 1. The van der Waals surface area contributed by atoms with Crippen LogP contribution in [0.25, 0.3) is 27.4 Å². The summed E-state index contributed by atoms with van der Waals surface area (Å²) in [5.74, 6) is 0.953. The molecule has 4 aromatic carbocycles. The molecule has 0 spiro atoms. The second kappa shape index (κ2) is 16.5. The number of ether oxygens (including phenoxy) is 1. The van der Waals surface area contributed by atoms with Crippen LogP contribution in [0.15, 0.2) is 127 Å². The highest BCUT2D eigenvalue weighted by atomic mass is 32.2. The molecular formula is C44H48N2O4S4. The standard InChI is InChI=1S/C37H41N2OS3.C7H8O3S/c1-8-38-29-17-26(25-13-11-10-12-14-25)15-16-32(29)42-35(38)18-27-22-37(4,5)23-28(24(27)3)19-36-39(9-2)30-20-31(40-6)34(41-7)21-33(30)43-36;1-6-2-4-7(5-3-6)11(8,9)10/h10-21H,8-9,22-23H2,1-7H3;2-5H,1H3,(H,8,9,10)/q+1;/p-1. The van der Waals surface area contributed by atoms with Crippen LogP contribution in [0.2, 0.25) is 0 Å². The molecule has 1 aliphatic carbocycles. The van der Waals surface area contributed by atoms with Crippen molar-refractivity contribution < 1.29 is 22.3 Å². The van der Waals surface area contributed by atoms with Crippen LogP contribution in [-0.2, 0) is 16.7 Å². The van der Waals surface area contributed by atoms with Gasteiger partial charge in [0.05, 0.1) is 33.7 Å². The molecule has 0 amide bonds. The van der Waals surface area contributed by atoms with E-state index in [1.165, 1.54) is 75.7 Å². The third kappa shape index (κ3) is 8.68. The SMILES string of the molecule is CCN1/C(=C/C2=C(C)C(=C\c3sc4cc(SC)c(OC)cc4[n+]3CC)/CC(C)(C)C2)Sc2ccc(-c3ccccc3)cc21.Cc1ccc(S(=O)(=O)[O-])cc1. The van der Waals surface area contributed by atoms with Gasteiger partial charge in [-0.3, -0.25) is 0 Å². The summed E-state index contributed by atoms with van der Waals surface area (Å²) < 4.78 is 40.7. The topological polar surface area (TPSA) is 73.5 Å². The fraction of sp³-hybridized carbons (Fsp3) is 0.295. The molecule has 0 atom stereocenters. The summed E-state index contributed by atoms with van der Waals surface area (Å²) in [5.41, 5.74) is 10.5. The minimum Gasteiger partial charge on any atom is -0.744 e. The fourth-order valence-corrected chi connectivity index (χ4v) is 10.6. The summed E-state index contributed by atoms with van der Waals surface area (Å²) in [6, 6.07) is 27.9. The zero-order valence-electron chi connectivity index (χ0n) is 32.2. The predicted molar refractivity (Wildman–Crippen MR) is 228 cm³/mol. The number of fused-ring (bicyclic) bond motifs is 2. The van der Waals surface area contributed by atoms with E-state index in [0.29, 0.717) is 0 Å². The van der Waals surface area contributed by atoms with E-state index in [9.17, 15) is 13.0 Å². The first-order valence-corrected chi connectivity index (χ1v) is 22.4. The molecule has 1 aromatic heterocycles. The molecule has 0 N–H and O–H groups in total. The van der Waals surface area contributed by atoms with Gasteiger partial charge in [-0.1, -0.05) is 91.0 Å². The van der Waals surface area contributed by atoms with Gasteiger partial charge in [0.1, 0.15) is 27.1 Å². The van der Waals surface area contributed by atoms with Crippen LogP contribution in [0.4, 0.5) is 5.69 Å². The molecule has 0 radical (unpaired) electrons. The average Bonchev–Trinajstić information content (AvgIpc) is 3.68. The van der Waals surface area contributed by atoms with Crippen molar-refractivity contribution in [1.29, 1.82) is 0 Å².